The van der Waals surface area contributed by atoms with Crippen LogP contribution in [0.3, 0.4) is 0 Å². The summed E-state index contributed by atoms with van der Waals surface area (Å²) in [5, 5.41) is 8.25. The van der Waals surface area contributed by atoms with Gasteiger partial charge in [-0.25, -0.2) is 0 Å². The number of carboxylic acid groups (broad SMARTS) is 1. The maximum absolute atomic E-state index is 10.1. The van der Waals surface area contributed by atoms with Crippen LogP contribution in [0, 0.1) is 0 Å². The van der Waals surface area contributed by atoms with Gasteiger partial charge in [-0.15, -0.1) is 0 Å². The Bertz CT molecular complexity index is 137. The Morgan fingerprint density at radius 3 is 2.73 bits per heavy atom. The first-order valence-electron chi connectivity index (χ1n) is 3.04. The fraction of sp³-hybridized carbons (Fsp3) is 0.667. The van der Waals surface area contributed by atoms with Gasteiger partial charge in [0, 0.05) is 13.7 Å². The van der Waals surface area contributed by atoms with Crippen molar-refractivity contribution in [2.75, 3.05) is 26.8 Å². The molecule has 0 saturated carbocycles. The van der Waals surface area contributed by atoms with Crippen molar-refractivity contribution in [3.8, 4) is 0 Å². The van der Waals surface area contributed by atoms with E-state index in [1.165, 1.54) is 13.5 Å². The lowest BCUT2D eigenvalue weighted by Gasteiger charge is -2.11. The number of amides is 1. The van der Waals surface area contributed by atoms with Crippen molar-refractivity contribution in [1.82, 2.24) is 4.90 Å². The van der Waals surface area contributed by atoms with E-state index in [1.807, 2.05) is 0 Å². The maximum atomic E-state index is 10.1. The number of carboxylic acids is 1. The highest BCUT2D eigenvalue weighted by Crippen LogP contribution is 1.82. The van der Waals surface area contributed by atoms with Crippen molar-refractivity contribution in [3.63, 3.8) is 0 Å². The van der Waals surface area contributed by atoms with Gasteiger partial charge in [0.1, 0.15) is 6.54 Å². The van der Waals surface area contributed by atoms with Gasteiger partial charge >= 0.3 is 12.4 Å². The monoisotopic (exact) mass is 160 g/mol. The minimum atomic E-state index is -1.05. The summed E-state index contributed by atoms with van der Waals surface area (Å²) in [7, 11) is 1.48. The van der Waals surface area contributed by atoms with Crippen LogP contribution in [0.1, 0.15) is 0 Å². The van der Waals surface area contributed by atoms with Crippen molar-refractivity contribution in [2.45, 2.75) is 0 Å². The highest BCUT2D eigenvalue weighted by Gasteiger charge is 2.06. The summed E-state index contributed by atoms with van der Waals surface area (Å²) in [6.07, 6.45) is 1.49. The van der Waals surface area contributed by atoms with E-state index >= 15 is 0 Å². The lowest BCUT2D eigenvalue weighted by Crippen LogP contribution is -2.31. The Morgan fingerprint density at radius 2 is 2.36 bits per heavy atom. The van der Waals surface area contributed by atoms with Gasteiger partial charge in [-0.3, -0.25) is 9.59 Å². The van der Waals surface area contributed by atoms with Gasteiger partial charge in [0.25, 0.3) is 0 Å². The molecule has 0 unspecified atom stereocenters. The van der Waals surface area contributed by atoms with E-state index in [2.05, 4.69) is 4.74 Å². The highest BCUT2D eigenvalue weighted by atomic mass is 16.5. The summed E-state index contributed by atoms with van der Waals surface area (Å²) in [4.78, 5) is 21.1. The topological polar surface area (TPSA) is 66.8 Å². The second kappa shape index (κ2) is 5.67. The van der Waals surface area contributed by atoms with Crippen molar-refractivity contribution < 1.29 is 19.4 Å². The molecular formula is C6H10NO4. The number of hydrogen-bond donors (Lipinski definition) is 1. The average molecular weight is 160 g/mol. The fourth-order valence-electron chi connectivity index (χ4n) is 0.522. The Hall–Kier alpha value is -1.10. The number of nitrogens with zero attached hydrogens (tertiary/aromatic N) is 1. The van der Waals surface area contributed by atoms with Gasteiger partial charge in [0.2, 0.25) is 0 Å². The summed E-state index contributed by atoms with van der Waals surface area (Å²) < 4.78 is 4.64. The Labute approximate surface area is 64.6 Å². The molecule has 0 aliphatic heterocycles. The first-order valence-corrected chi connectivity index (χ1v) is 3.04. The largest absolute Gasteiger partial charge is 0.480 e. The number of ether oxygens (including phenoxy) is 1. The van der Waals surface area contributed by atoms with Gasteiger partial charge in [-0.2, -0.15) is 0 Å². The molecule has 1 amide bonds. The summed E-state index contributed by atoms with van der Waals surface area (Å²) >= 11 is 0. The van der Waals surface area contributed by atoms with Crippen molar-refractivity contribution in [1.29, 1.82) is 0 Å². The van der Waals surface area contributed by atoms with E-state index in [-0.39, 0.29) is 13.1 Å². The minimum absolute atomic E-state index is 0.256. The second-order valence-corrected chi connectivity index (χ2v) is 1.90. The second-order valence-electron chi connectivity index (χ2n) is 1.90. The van der Waals surface area contributed by atoms with Crippen LogP contribution >= 0.6 is 0 Å². The standard InChI is InChI=1S/C6H10NO4/c1-11-3-2-7(5-8)4-6(9)10/h2-4H2,1H3,(H,9,10). The van der Waals surface area contributed by atoms with Crippen molar-refractivity contribution >= 4 is 12.4 Å². The van der Waals surface area contributed by atoms with Crippen LogP contribution in [0.5, 0.6) is 0 Å². The number of methoxy groups -OCH3 is 1. The normalized spacial score (nSPS) is 9.18. The van der Waals surface area contributed by atoms with Crippen LogP contribution in [0.4, 0.5) is 0 Å². The number of rotatable bonds is 6. The van der Waals surface area contributed by atoms with E-state index in [9.17, 15) is 9.59 Å². The van der Waals surface area contributed by atoms with Crippen molar-refractivity contribution in [3.05, 3.63) is 0 Å². The molecule has 1 N–H and O–H groups in total. The smallest absolute Gasteiger partial charge is 0.323 e. The molecule has 5 heteroatoms. The molecule has 0 fully saturated rings. The molecule has 0 aromatic rings. The molecule has 63 valence electrons. The maximum Gasteiger partial charge on any atom is 0.323 e. The molecule has 0 aliphatic rings. The lowest BCUT2D eigenvalue weighted by molar-refractivity contribution is -0.137. The van der Waals surface area contributed by atoms with Gasteiger partial charge in [-0.1, -0.05) is 0 Å². The molecular weight excluding hydrogens is 150 g/mol. The number of carbonyl (C=O) groups is 1. The predicted molar refractivity (Wildman–Crippen MR) is 36.8 cm³/mol. The first kappa shape index (κ1) is 9.90. The van der Waals surface area contributed by atoms with E-state index in [0.717, 1.165) is 4.90 Å². The molecule has 0 spiro atoms. The third-order valence-electron chi connectivity index (χ3n) is 1.02. The van der Waals surface area contributed by atoms with Crippen LogP contribution in [-0.4, -0.2) is 49.2 Å². The molecule has 0 bridgehead atoms. The molecule has 0 heterocycles. The molecule has 0 aromatic carbocycles. The zero-order valence-corrected chi connectivity index (χ0v) is 6.24. The Balaban J connectivity index is 3.57. The van der Waals surface area contributed by atoms with E-state index in [1.54, 1.807) is 0 Å². The summed E-state index contributed by atoms with van der Waals surface area (Å²) in [6.45, 7) is 0.252. The Kier molecular flexibility index (Phi) is 5.10. The molecule has 0 atom stereocenters. The number of carbonyl (C=O) groups excluding carboxylic acids is 1. The number of hydrogen-bond acceptors (Lipinski definition) is 3. The van der Waals surface area contributed by atoms with Gasteiger partial charge in [0.15, 0.2) is 0 Å². The molecule has 0 aliphatic carbocycles. The zero-order chi connectivity index (χ0) is 8.69. The lowest BCUT2D eigenvalue weighted by atomic mass is 10.5. The third-order valence-corrected chi connectivity index (χ3v) is 1.02. The Morgan fingerprint density at radius 1 is 1.73 bits per heavy atom. The van der Waals surface area contributed by atoms with Crippen LogP contribution in [0.15, 0.2) is 0 Å². The fourth-order valence-corrected chi connectivity index (χ4v) is 0.522. The average Bonchev–Trinajstić information content (AvgIpc) is 1.97. The predicted octanol–water partition coefficient (Wildman–Crippen LogP) is -0.913. The van der Waals surface area contributed by atoms with Gasteiger partial charge in [-0.05, 0) is 0 Å². The zero-order valence-electron chi connectivity index (χ0n) is 6.24. The van der Waals surface area contributed by atoms with Gasteiger partial charge in [0.05, 0.1) is 6.61 Å². The molecule has 0 rings (SSSR count). The SMILES string of the molecule is COCCN([C]=O)CC(=O)O. The first-order chi connectivity index (χ1) is 5.20. The number of aliphatic carboxylic acids is 1. The van der Waals surface area contributed by atoms with Crippen LogP contribution < -0.4 is 0 Å². The molecule has 5 nitrogen and oxygen atoms in total. The van der Waals surface area contributed by atoms with Crippen LogP contribution in [0.2, 0.25) is 0 Å². The minimum Gasteiger partial charge on any atom is -0.480 e. The molecule has 1 radical (unpaired) electrons. The summed E-state index contributed by atoms with van der Waals surface area (Å²) in [5.41, 5.74) is 0. The van der Waals surface area contributed by atoms with Crippen LogP contribution in [0.25, 0.3) is 0 Å². The van der Waals surface area contributed by atoms with Crippen molar-refractivity contribution in [2.24, 2.45) is 0 Å². The quantitative estimate of drug-likeness (QED) is 0.510. The van der Waals surface area contributed by atoms with E-state index in [0.29, 0.717) is 6.61 Å². The molecule has 0 aromatic heterocycles. The van der Waals surface area contributed by atoms with E-state index < -0.39 is 5.97 Å². The molecule has 0 saturated heterocycles. The van der Waals surface area contributed by atoms with E-state index in [4.69, 9.17) is 5.11 Å². The highest BCUT2D eigenvalue weighted by molar-refractivity contribution is 5.72. The summed E-state index contributed by atoms with van der Waals surface area (Å²) in [5.74, 6) is -1.05. The summed E-state index contributed by atoms with van der Waals surface area (Å²) in [6, 6.07) is 0. The van der Waals surface area contributed by atoms with Gasteiger partial charge < -0.3 is 14.7 Å². The molecule has 11 heavy (non-hydrogen) atoms. The van der Waals surface area contributed by atoms with Crippen LogP contribution in [-0.2, 0) is 14.3 Å². The third kappa shape index (κ3) is 5.35.